The van der Waals surface area contributed by atoms with Gasteiger partial charge in [0.1, 0.15) is 0 Å². The van der Waals surface area contributed by atoms with E-state index in [2.05, 4.69) is 0 Å². The first-order valence-electron chi connectivity index (χ1n) is 6.50. The quantitative estimate of drug-likeness (QED) is 0.413. The first kappa shape index (κ1) is 17.7. The third kappa shape index (κ3) is 6.31. The lowest BCUT2D eigenvalue weighted by molar-refractivity contribution is -0.385. The Morgan fingerprint density at radius 1 is 1.38 bits per heavy atom. The summed E-state index contributed by atoms with van der Waals surface area (Å²) in [6.07, 6.45) is 1.03. The van der Waals surface area contributed by atoms with Crippen molar-refractivity contribution in [2.24, 2.45) is 5.92 Å². The molecule has 0 N–H and O–H groups in total. The van der Waals surface area contributed by atoms with Gasteiger partial charge in [-0.1, -0.05) is 19.1 Å². The molecule has 0 fully saturated rings. The second kappa shape index (κ2) is 7.61. The van der Waals surface area contributed by atoms with Crippen molar-refractivity contribution >= 4 is 25.4 Å². The summed E-state index contributed by atoms with van der Waals surface area (Å²) >= 11 is 0. The van der Waals surface area contributed by atoms with Crippen LogP contribution in [-0.2, 0) is 9.05 Å². The van der Waals surface area contributed by atoms with Gasteiger partial charge < -0.3 is 4.74 Å². The highest BCUT2D eigenvalue weighted by Crippen LogP contribution is 2.30. The summed E-state index contributed by atoms with van der Waals surface area (Å²) in [5, 5.41) is 10.9. The maximum absolute atomic E-state index is 10.9. The molecule has 21 heavy (non-hydrogen) atoms. The molecule has 0 saturated heterocycles. The van der Waals surface area contributed by atoms with E-state index in [0.29, 0.717) is 18.4 Å². The highest BCUT2D eigenvalue weighted by molar-refractivity contribution is 8.13. The first-order valence-corrected chi connectivity index (χ1v) is 8.97. The molecule has 6 nitrogen and oxygen atoms in total. The summed E-state index contributed by atoms with van der Waals surface area (Å²) in [4.78, 5) is 10.4. The van der Waals surface area contributed by atoms with E-state index in [9.17, 15) is 18.5 Å². The van der Waals surface area contributed by atoms with Crippen LogP contribution in [0.3, 0.4) is 0 Å². The van der Waals surface area contributed by atoms with E-state index in [0.717, 1.165) is 0 Å². The zero-order valence-corrected chi connectivity index (χ0v) is 13.5. The third-order valence-corrected chi connectivity index (χ3v) is 4.29. The van der Waals surface area contributed by atoms with Crippen LogP contribution in [0.2, 0.25) is 0 Å². The Bertz CT molecular complexity index is 603. The van der Waals surface area contributed by atoms with E-state index in [-0.39, 0.29) is 29.7 Å². The normalized spacial score (nSPS) is 12.9. The zero-order valence-electron chi connectivity index (χ0n) is 11.9. The highest BCUT2D eigenvalue weighted by atomic mass is 35.7. The van der Waals surface area contributed by atoms with Crippen LogP contribution in [-0.4, -0.2) is 25.7 Å². The lowest BCUT2D eigenvalue weighted by Crippen LogP contribution is -2.09. The Morgan fingerprint density at radius 2 is 2.05 bits per heavy atom. The Hall–Kier alpha value is -1.34. The number of ether oxygens (including phenoxy) is 1. The molecule has 0 aromatic heterocycles. The second-order valence-electron chi connectivity index (χ2n) is 4.95. The first-order chi connectivity index (χ1) is 9.70. The van der Waals surface area contributed by atoms with Crippen molar-refractivity contribution in [2.45, 2.75) is 26.7 Å². The van der Waals surface area contributed by atoms with E-state index in [1.165, 1.54) is 6.07 Å². The Morgan fingerprint density at radius 3 is 2.62 bits per heavy atom. The standard InChI is InChI=1S/C13H18ClNO5S/c1-10(7-9-21(14,18)19)6-8-20-13-11(2)4-3-5-12(13)15(16)17/h3-5,10H,6-9H2,1-2H3. The number of hydrogen-bond acceptors (Lipinski definition) is 5. The number of nitro groups is 1. The maximum Gasteiger partial charge on any atom is 0.311 e. The van der Waals surface area contributed by atoms with Crippen molar-refractivity contribution < 1.29 is 18.1 Å². The number of nitro benzene ring substituents is 1. The average Bonchev–Trinajstić information content (AvgIpc) is 2.37. The van der Waals surface area contributed by atoms with Gasteiger partial charge >= 0.3 is 5.69 Å². The number of hydrogen-bond donors (Lipinski definition) is 0. The maximum atomic E-state index is 10.9. The van der Waals surface area contributed by atoms with Gasteiger partial charge in [-0.15, -0.1) is 0 Å². The largest absolute Gasteiger partial charge is 0.487 e. The summed E-state index contributed by atoms with van der Waals surface area (Å²) in [7, 11) is 1.67. The lowest BCUT2D eigenvalue weighted by Gasteiger charge is -2.13. The van der Waals surface area contributed by atoms with Crippen LogP contribution in [0, 0.1) is 23.0 Å². The van der Waals surface area contributed by atoms with Crippen LogP contribution in [0.25, 0.3) is 0 Å². The van der Waals surface area contributed by atoms with Crippen LogP contribution in [0.15, 0.2) is 18.2 Å². The number of para-hydroxylation sites is 1. The molecule has 1 rings (SSSR count). The van der Waals surface area contributed by atoms with Crippen molar-refractivity contribution in [3.05, 3.63) is 33.9 Å². The van der Waals surface area contributed by atoms with E-state index < -0.39 is 14.0 Å². The fourth-order valence-corrected chi connectivity index (χ4v) is 2.77. The molecule has 1 unspecified atom stereocenters. The Kier molecular flexibility index (Phi) is 6.42. The Labute approximate surface area is 128 Å². The van der Waals surface area contributed by atoms with Crippen molar-refractivity contribution in [2.75, 3.05) is 12.4 Å². The highest BCUT2D eigenvalue weighted by Gasteiger charge is 2.17. The number of benzene rings is 1. The van der Waals surface area contributed by atoms with Gasteiger partial charge in [-0.2, -0.15) is 0 Å². The van der Waals surface area contributed by atoms with Gasteiger partial charge in [0.25, 0.3) is 0 Å². The van der Waals surface area contributed by atoms with Crippen LogP contribution in [0.4, 0.5) is 5.69 Å². The van der Waals surface area contributed by atoms with E-state index in [4.69, 9.17) is 15.4 Å². The Balaban J connectivity index is 2.55. The molecule has 8 heteroatoms. The molecule has 0 aliphatic heterocycles. The molecule has 0 heterocycles. The predicted molar refractivity (Wildman–Crippen MR) is 81.4 cm³/mol. The fraction of sp³-hybridized carbons (Fsp3) is 0.538. The van der Waals surface area contributed by atoms with Gasteiger partial charge in [0.15, 0.2) is 5.75 Å². The molecule has 0 bridgehead atoms. The molecule has 1 atom stereocenters. The third-order valence-electron chi connectivity index (χ3n) is 3.10. The van der Waals surface area contributed by atoms with Gasteiger partial charge in [0, 0.05) is 16.7 Å². The zero-order chi connectivity index (χ0) is 16.0. The summed E-state index contributed by atoms with van der Waals surface area (Å²) in [6.45, 7) is 3.92. The minimum Gasteiger partial charge on any atom is -0.487 e. The number of aryl methyl sites for hydroxylation is 1. The van der Waals surface area contributed by atoms with Crippen LogP contribution in [0.1, 0.15) is 25.3 Å². The molecular weight excluding hydrogens is 318 g/mol. The SMILES string of the molecule is Cc1cccc([N+](=O)[O-])c1OCCC(C)CCS(=O)(=O)Cl. The van der Waals surface area contributed by atoms with Crippen LogP contribution < -0.4 is 4.74 Å². The minimum absolute atomic E-state index is 0.0639. The molecule has 0 amide bonds. The van der Waals surface area contributed by atoms with E-state index in [1.807, 2.05) is 6.92 Å². The van der Waals surface area contributed by atoms with Crippen LogP contribution in [0.5, 0.6) is 5.75 Å². The summed E-state index contributed by atoms with van der Waals surface area (Å²) in [5.74, 6) is 0.279. The van der Waals surface area contributed by atoms with Crippen LogP contribution >= 0.6 is 10.7 Å². The molecule has 0 aliphatic carbocycles. The lowest BCUT2D eigenvalue weighted by atomic mass is 10.1. The molecule has 0 spiro atoms. The molecule has 1 aromatic carbocycles. The second-order valence-corrected chi connectivity index (χ2v) is 7.85. The van der Waals surface area contributed by atoms with Gasteiger partial charge in [-0.25, -0.2) is 8.42 Å². The average molecular weight is 336 g/mol. The van der Waals surface area contributed by atoms with Gasteiger partial charge in [0.2, 0.25) is 9.05 Å². The number of nitrogens with zero attached hydrogens (tertiary/aromatic N) is 1. The summed E-state index contributed by atoms with van der Waals surface area (Å²) in [6, 6.07) is 4.74. The minimum atomic E-state index is -3.48. The van der Waals surface area contributed by atoms with Gasteiger partial charge in [0.05, 0.1) is 17.3 Å². The van der Waals surface area contributed by atoms with Crippen molar-refractivity contribution in [3.8, 4) is 5.75 Å². The molecule has 0 radical (unpaired) electrons. The smallest absolute Gasteiger partial charge is 0.311 e. The number of rotatable bonds is 8. The van der Waals surface area contributed by atoms with E-state index in [1.54, 1.807) is 19.1 Å². The number of halogens is 1. The monoisotopic (exact) mass is 335 g/mol. The fourth-order valence-electron chi connectivity index (χ4n) is 1.82. The molecule has 0 saturated carbocycles. The molecule has 1 aromatic rings. The van der Waals surface area contributed by atoms with Gasteiger partial charge in [-0.3, -0.25) is 10.1 Å². The predicted octanol–water partition coefficient (Wildman–Crippen LogP) is 3.27. The van der Waals surface area contributed by atoms with Crippen molar-refractivity contribution in [1.29, 1.82) is 0 Å². The van der Waals surface area contributed by atoms with E-state index >= 15 is 0 Å². The summed E-state index contributed by atoms with van der Waals surface area (Å²) < 4.78 is 27.2. The summed E-state index contributed by atoms with van der Waals surface area (Å²) in [5.41, 5.74) is 0.631. The molecular formula is C13H18ClNO5S. The molecule has 0 aliphatic rings. The van der Waals surface area contributed by atoms with Crippen molar-refractivity contribution in [1.82, 2.24) is 0 Å². The van der Waals surface area contributed by atoms with Gasteiger partial charge in [-0.05, 0) is 31.2 Å². The van der Waals surface area contributed by atoms with Crippen molar-refractivity contribution in [3.63, 3.8) is 0 Å². The molecule has 118 valence electrons. The topological polar surface area (TPSA) is 86.5 Å².